The Morgan fingerprint density at radius 2 is 2.00 bits per heavy atom. The summed E-state index contributed by atoms with van der Waals surface area (Å²) in [5, 5.41) is 13.4. The predicted molar refractivity (Wildman–Crippen MR) is 115 cm³/mol. The first kappa shape index (κ1) is 19.2. The normalized spacial score (nSPS) is 21.3. The molecule has 1 aromatic carbocycles. The average molecular weight is 411 g/mol. The molecule has 154 valence electrons. The fourth-order valence-corrected chi connectivity index (χ4v) is 4.51. The van der Waals surface area contributed by atoms with E-state index in [0.29, 0.717) is 12.2 Å². The minimum Gasteiger partial charge on any atom is -0.394 e. The molecule has 1 fully saturated rings. The van der Waals surface area contributed by atoms with E-state index in [0.717, 1.165) is 28.8 Å². The number of anilines is 1. The average Bonchev–Trinajstić information content (AvgIpc) is 3.28. The number of rotatable bonds is 2. The molecule has 0 unspecified atom stereocenters. The highest BCUT2D eigenvalue weighted by Gasteiger charge is 2.46. The molecule has 31 heavy (non-hydrogen) atoms. The van der Waals surface area contributed by atoms with Crippen LogP contribution in [-0.2, 0) is 0 Å². The molecule has 2 N–H and O–H groups in total. The van der Waals surface area contributed by atoms with Crippen LogP contribution in [0.2, 0.25) is 0 Å². The summed E-state index contributed by atoms with van der Waals surface area (Å²) in [6, 6.07) is 9.49. The summed E-state index contributed by atoms with van der Waals surface area (Å²) in [7, 11) is 0. The maximum absolute atomic E-state index is 13.2. The molecule has 4 heterocycles. The molecule has 0 aliphatic carbocycles. The number of hydrogen-bond acceptors (Lipinski definition) is 6. The van der Waals surface area contributed by atoms with Crippen LogP contribution in [-0.4, -0.2) is 50.1 Å². The highest BCUT2D eigenvalue weighted by atomic mass is 16.3. The number of carbonyl (C=O) groups excluding carboxylic acids is 1. The molecule has 0 bridgehead atoms. The number of aromatic nitrogens is 3. The summed E-state index contributed by atoms with van der Waals surface area (Å²) in [5.74, 6) is 6.30. The summed E-state index contributed by atoms with van der Waals surface area (Å²) in [5.41, 5.74) is 3.98. The number of amides is 1. The summed E-state index contributed by atoms with van der Waals surface area (Å²) in [4.78, 5) is 27.4. The molecule has 7 heteroatoms. The Labute approximate surface area is 180 Å². The van der Waals surface area contributed by atoms with Crippen molar-refractivity contribution in [1.82, 2.24) is 19.9 Å². The van der Waals surface area contributed by atoms with Crippen molar-refractivity contribution >= 4 is 11.6 Å². The second kappa shape index (κ2) is 8.17. The quantitative estimate of drug-likeness (QED) is 0.629. The van der Waals surface area contributed by atoms with Crippen LogP contribution in [0.3, 0.4) is 0 Å². The maximum Gasteiger partial charge on any atom is 0.274 e. The van der Waals surface area contributed by atoms with Gasteiger partial charge < -0.3 is 15.3 Å². The third-order valence-electron chi connectivity index (χ3n) is 5.93. The number of nitrogens with one attached hydrogen (secondary N) is 1. The molecule has 0 saturated carbocycles. The SMILES string of the molecule is O=C(c1cnccn1)N1CC[C@@H]2[C@H](CO)Nc3ccc(C#Cc4cccnc4)cc3[C@@H]21. The van der Waals surface area contributed by atoms with Crippen LogP contribution in [0.25, 0.3) is 0 Å². The van der Waals surface area contributed by atoms with Crippen molar-refractivity contribution in [3.63, 3.8) is 0 Å². The Kier molecular flexibility index (Phi) is 5.06. The maximum atomic E-state index is 13.2. The number of pyridine rings is 1. The first-order chi connectivity index (χ1) is 15.2. The van der Waals surface area contributed by atoms with Gasteiger partial charge in [-0.2, -0.15) is 0 Å². The molecule has 2 aliphatic heterocycles. The number of fused-ring (bicyclic) bond motifs is 3. The van der Waals surface area contributed by atoms with E-state index in [2.05, 4.69) is 32.1 Å². The topological polar surface area (TPSA) is 91.2 Å². The number of benzene rings is 1. The smallest absolute Gasteiger partial charge is 0.274 e. The van der Waals surface area contributed by atoms with Crippen LogP contribution in [0.5, 0.6) is 0 Å². The Hall–Kier alpha value is -3.76. The second-order valence-electron chi connectivity index (χ2n) is 7.71. The van der Waals surface area contributed by atoms with Crippen LogP contribution in [0, 0.1) is 17.8 Å². The number of nitrogens with zero attached hydrogens (tertiary/aromatic N) is 4. The number of aliphatic hydroxyl groups excluding tert-OH is 1. The third-order valence-corrected chi connectivity index (χ3v) is 5.93. The van der Waals surface area contributed by atoms with Crippen molar-refractivity contribution in [1.29, 1.82) is 0 Å². The van der Waals surface area contributed by atoms with E-state index >= 15 is 0 Å². The fraction of sp³-hybridized carbons (Fsp3) is 0.250. The Morgan fingerprint density at radius 1 is 1.13 bits per heavy atom. The molecule has 0 spiro atoms. The van der Waals surface area contributed by atoms with Gasteiger partial charge in [-0.1, -0.05) is 11.8 Å². The lowest BCUT2D eigenvalue weighted by Crippen LogP contribution is -2.43. The number of carbonyl (C=O) groups is 1. The minimum atomic E-state index is -0.150. The first-order valence-electron chi connectivity index (χ1n) is 10.2. The van der Waals surface area contributed by atoms with Crippen molar-refractivity contribution in [3.05, 3.63) is 83.7 Å². The van der Waals surface area contributed by atoms with Crippen molar-refractivity contribution in [2.45, 2.75) is 18.5 Å². The molecule has 2 aromatic heterocycles. The number of likely N-dealkylation sites (tertiary alicyclic amines) is 1. The third kappa shape index (κ3) is 3.62. The zero-order valence-electron chi connectivity index (χ0n) is 16.8. The first-order valence-corrected chi connectivity index (χ1v) is 10.2. The van der Waals surface area contributed by atoms with Crippen molar-refractivity contribution in [2.75, 3.05) is 18.5 Å². The predicted octanol–water partition coefficient (Wildman–Crippen LogP) is 2.26. The lowest BCUT2D eigenvalue weighted by molar-refractivity contribution is 0.0694. The van der Waals surface area contributed by atoms with Gasteiger partial charge in [0.05, 0.1) is 24.9 Å². The van der Waals surface area contributed by atoms with Gasteiger partial charge in [-0.05, 0) is 42.3 Å². The van der Waals surface area contributed by atoms with E-state index in [-0.39, 0.29) is 30.5 Å². The molecule has 7 nitrogen and oxygen atoms in total. The summed E-state index contributed by atoms with van der Waals surface area (Å²) >= 11 is 0. The van der Waals surface area contributed by atoms with Gasteiger partial charge in [0.25, 0.3) is 5.91 Å². The highest BCUT2D eigenvalue weighted by molar-refractivity contribution is 5.92. The molecule has 2 aliphatic rings. The Morgan fingerprint density at radius 3 is 2.77 bits per heavy atom. The van der Waals surface area contributed by atoms with Crippen LogP contribution >= 0.6 is 0 Å². The zero-order chi connectivity index (χ0) is 21.2. The van der Waals surface area contributed by atoms with E-state index in [1.54, 1.807) is 18.6 Å². The molecule has 5 rings (SSSR count). The molecular formula is C24H21N5O2. The van der Waals surface area contributed by atoms with Crippen LogP contribution in [0.15, 0.2) is 61.3 Å². The van der Waals surface area contributed by atoms with E-state index in [4.69, 9.17) is 0 Å². The highest BCUT2D eigenvalue weighted by Crippen LogP contribution is 2.46. The van der Waals surface area contributed by atoms with Crippen LogP contribution < -0.4 is 5.32 Å². The second-order valence-corrected chi connectivity index (χ2v) is 7.71. The fourth-order valence-electron chi connectivity index (χ4n) is 4.51. The van der Waals surface area contributed by atoms with Crippen molar-refractivity contribution < 1.29 is 9.90 Å². The van der Waals surface area contributed by atoms with Gasteiger partial charge >= 0.3 is 0 Å². The Bertz CT molecular complexity index is 1160. The summed E-state index contributed by atoms with van der Waals surface area (Å²) < 4.78 is 0. The van der Waals surface area contributed by atoms with E-state index in [1.165, 1.54) is 12.4 Å². The lowest BCUT2D eigenvalue weighted by Gasteiger charge is -2.39. The molecule has 3 aromatic rings. The monoisotopic (exact) mass is 411 g/mol. The molecule has 0 radical (unpaired) electrons. The van der Waals surface area contributed by atoms with E-state index in [9.17, 15) is 9.90 Å². The van der Waals surface area contributed by atoms with Gasteiger partial charge in [-0.3, -0.25) is 14.8 Å². The van der Waals surface area contributed by atoms with E-state index in [1.807, 2.05) is 35.2 Å². The molecule has 3 atom stereocenters. The number of aliphatic hydroxyl groups is 1. The minimum absolute atomic E-state index is 0.0103. The lowest BCUT2D eigenvalue weighted by atomic mass is 9.82. The molecular weight excluding hydrogens is 390 g/mol. The van der Waals surface area contributed by atoms with Gasteiger partial charge in [-0.15, -0.1) is 0 Å². The van der Waals surface area contributed by atoms with Gasteiger partial charge in [0.2, 0.25) is 0 Å². The largest absolute Gasteiger partial charge is 0.394 e. The van der Waals surface area contributed by atoms with Gasteiger partial charge in [0.15, 0.2) is 0 Å². The van der Waals surface area contributed by atoms with Gasteiger partial charge in [-0.25, -0.2) is 4.98 Å². The van der Waals surface area contributed by atoms with Crippen molar-refractivity contribution in [2.24, 2.45) is 5.92 Å². The van der Waals surface area contributed by atoms with Gasteiger partial charge in [0.1, 0.15) is 5.69 Å². The number of hydrogen-bond donors (Lipinski definition) is 2. The van der Waals surface area contributed by atoms with Gasteiger partial charge in [0, 0.05) is 54.1 Å². The Balaban J connectivity index is 1.52. The van der Waals surface area contributed by atoms with Crippen LogP contribution in [0.1, 0.15) is 39.6 Å². The van der Waals surface area contributed by atoms with Crippen molar-refractivity contribution in [3.8, 4) is 11.8 Å². The zero-order valence-corrected chi connectivity index (χ0v) is 16.8. The molecule has 1 saturated heterocycles. The summed E-state index contributed by atoms with van der Waals surface area (Å²) in [6.45, 7) is 0.615. The summed E-state index contributed by atoms with van der Waals surface area (Å²) in [6.07, 6.45) is 8.83. The standard InChI is InChI=1S/C24H21N5O2/c30-15-22-18-7-11-29(24(31)21-14-26-9-10-27-21)23(18)19-12-16(5-6-20(19)28-22)3-4-17-2-1-8-25-13-17/h1-2,5-6,8-10,12-14,18,22-23,28,30H,7,11,15H2/t18-,22+,23-/m1/s1. The van der Waals surface area contributed by atoms with Crippen LogP contribution in [0.4, 0.5) is 5.69 Å². The molecule has 1 amide bonds. The van der Waals surface area contributed by atoms with E-state index < -0.39 is 0 Å².